The van der Waals surface area contributed by atoms with Gasteiger partial charge in [0.2, 0.25) is 0 Å². The summed E-state index contributed by atoms with van der Waals surface area (Å²) in [5.41, 5.74) is 2.35. The molecule has 3 nitrogen and oxygen atoms in total. The number of anilines is 1. The molecule has 1 aliphatic rings. The molecule has 0 saturated heterocycles. The van der Waals surface area contributed by atoms with Crippen LogP contribution in [0.5, 0.6) is 0 Å². The van der Waals surface area contributed by atoms with E-state index in [-0.39, 0.29) is 22.0 Å². The third-order valence-corrected chi connectivity index (χ3v) is 4.03. The highest BCUT2D eigenvalue weighted by atomic mass is 35.5. The molecule has 1 aliphatic heterocycles. The van der Waals surface area contributed by atoms with Crippen LogP contribution in [0.3, 0.4) is 0 Å². The van der Waals surface area contributed by atoms with Gasteiger partial charge in [0.1, 0.15) is 16.1 Å². The number of carbonyl (C=O) groups is 1. The number of amides is 1. The molecule has 0 N–H and O–H groups in total. The zero-order valence-electron chi connectivity index (χ0n) is 11.9. The molecule has 2 heterocycles. The van der Waals surface area contributed by atoms with Crippen molar-refractivity contribution in [3.63, 3.8) is 0 Å². The number of pyridine rings is 1. The lowest BCUT2D eigenvalue weighted by molar-refractivity contribution is 0.0984. The van der Waals surface area contributed by atoms with E-state index in [4.69, 9.17) is 23.2 Å². The number of hydrogen-bond donors (Lipinski definition) is 0. The summed E-state index contributed by atoms with van der Waals surface area (Å²) >= 11 is 11.7. The highest BCUT2D eigenvalue weighted by molar-refractivity contribution is 6.33. The van der Waals surface area contributed by atoms with E-state index in [0.717, 1.165) is 24.0 Å². The number of carbonyl (C=O) groups excluding carboxylic acids is 1. The zero-order valence-corrected chi connectivity index (χ0v) is 13.4. The molecule has 2 aromatic rings. The summed E-state index contributed by atoms with van der Waals surface area (Å²) in [7, 11) is 0. The molecule has 3 rings (SSSR count). The minimum absolute atomic E-state index is 0.137. The van der Waals surface area contributed by atoms with Crippen molar-refractivity contribution in [2.24, 2.45) is 0 Å². The summed E-state index contributed by atoms with van der Waals surface area (Å²) in [6.45, 7) is 2.30. The van der Waals surface area contributed by atoms with Gasteiger partial charge in [-0.15, -0.1) is 0 Å². The van der Waals surface area contributed by atoms with Crippen LogP contribution in [0, 0.1) is 12.7 Å². The van der Waals surface area contributed by atoms with E-state index in [1.807, 2.05) is 13.0 Å². The summed E-state index contributed by atoms with van der Waals surface area (Å²) in [4.78, 5) is 18.0. The number of benzene rings is 1. The average Bonchev–Trinajstić information content (AvgIpc) is 2.44. The van der Waals surface area contributed by atoms with E-state index < -0.39 is 0 Å². The first-order chi connectivity index (χ1) is 10.5. The maximum atomic E-state index is 14.4. The molecule has 0 fully saturated rings. The Hall–Kier alpha value is -1.65. The first-order valence-electron chi connectivity index (χ1n) is 6.89. The maximum absolute atomic E-state index is 14.4. The third kappa shape index (κ3) is 2.81. The molecule has 0 aliphatic carbocycles. The molecule has 1 aromatic heterocycles. The lowest BCUT2D eigenvalue weighted by atomic mass is 9.98. The standard InChI is InChI=1S/C16H13Cl2FN2O/c1-9-5-10-3-2-4-21(15(10)12(19)6-9)16(22)11-7-13(17)20-14(18)8-11/h5-8H,2-4H2,1H3. The monoisotopic (exact) mass is 338 g/mol. The van der Waals surface area contributed by atoms with Crippen LogP contribution in [-0.2, 0) is 6.42 Å². The Morgan fingerprint density at radius 1 is 1.23 bits per heavy atom. The van der Waals surface area contributed by atoms with Crippen LogP contribution in [0.4, 0.5) is 10.1 Å². The molecular formula is C16H13Cl2FN2O. The molecule has 1 aromatic carbocycles. The summed E-state index contributed by atoms with van der Waals surface area (Å²) in [5, 5.41) is 0.273. The van der Waals surface area contributed by atoms with Crippen molar-refractivity contribution in [3.05, 3.63) is 57.1 Å². The average molecular weight is 339 g/mol. The SMILES string of the molecule is Cc1cc(F)c2c(c1)CCCN2C(=O)c1cc(Cl)nc(Cl)c1. The fourth-order valence-electron chi connectivity index (χ4n) is 2.79. The smallest absolute Gasteiger partial charge is 0.258 e. The predicted octanol–water partition coefficient (Wildman–Crippen LogP) is 4.43. The fourth-order valence-corrected chi connectivity index (χ4v) is 3.25. The van der Waals surface area contributed by atoms with Gasteiger partial charge in [0.15, 0.2) is 0 Å². The number of hydrogen-bond acceptors (Lipinski definition) is 2. The van der Waals surface area contributed by atoms with Crippen molar-refractivity contribution in [2.45, 2.75) is 19.8 Å². The normalized spacial score (nSPS) is 13.9. The van der Waals surface area contributed by atoms with Crippen LogP contribution in [0.2, 0.25) is 10.3 Å². The largest absolute Gasteiger partial charge is 0.305 e. The molecule has 114 valence electrons. The maximum Gasteiger partial charge on any atom is 0.258 e. The van der Waals surface area contributed by atoms with Crippen LogP contribution in [0.1, 0.15) is 27.9 Å². The molecule has 0 unspecified atom stereocenters. The Bertz CT molecular complexity index is 744. The van der Waals surface area contributed by atoms with Crippen molar-refractivity contribution in [1.82, 2.24) is 4.98 Å². The molecule has 1 amide bonds. The molecule has 0 bridgehead atoms. The van der Waals surface area contributed by atoms with Crippen molar-refractivity contribution in [3.8, 4) is 0 Å². The number of rotatable bonds is 1. The summed E-state index contributed by atoms with van der Waals surface area (Å²) < 4.78 is 14.4. The molecule has 6 heteroatoms. The Morgan fingerprint density at radius 3 is 2.59 bits per heavy atom. The molecular weight excluding hydrogens is 326 g/mol. The van der Waals surface area contributed by atoms with E-state index in [2.05, 4.69) is 4.98 Å². The van der Waals surface area contributed by atoms with Crippen LogP contribution in [0.25, 0.3) is 0 Å². The van der Waals surface area contributed by atoms with Crippen LogP contribution < -0.4 is 4.90 Å². The van der Waals surface area contributed by atoms with E-state index in [0.29, 0.717) is 17.8 Å². The second-order valence-electron chi connectivity index (χ2n) is 5.32. The fraction of sp³-hybridized carbons (Fsp3) is 0.250. The van der Waals surface area contributed by atoms with E-state index in [1.165, 1.54) is 23.1 Å². The van der Waals surface area contributed by atoms with Gasteiger partial charge in [0.25, 0.3) is 5.91 Å². The molecule has 0 spiro atoms. The second-order valence-corrected chi connectivity index (χ2v) is 6.09. The van der Waals surface area contributed by atoms with Crippen LogP contribution in [0.15, 0.2) is 24.3 Å². The van der Waals surface area contributed by atoms with Crippen molar-refractivity contribution < 1.29 is 9.18 Å². The van der Waals surface area contributed by atoms with Crippen LogP contribution in [-0.4, -0.2) is 17.4 Å². The minimum atomic E-state index is -0.380. The Balaban J connectivity index is 2.05. The number of nitrogens with zero attached hydrogens (tertiary/aromatic N) is 2. The molecule has 0 saturated carbocycles. The van der Waals surface area contributed by atoms with Crippen molar-refractivity contribution >= 4 is 34.8 Å². The van der Waals surface area contributed by atoms with E-state index in [1.54, 1.807) is 0 Å². The third-order valence-electron chi connectivity index (χ3n) is 3.64. The van der Waals surface area contributed by atoms with E-state index >= 15 is 0 Å². The number of aromatic nitrogens is 1. The molecule has 0 radical (unpaired) electrons. The van der Waals surface area contributed by atoms with Gasteiger partial charge in [-0.3, -0.25) is 4.79 Å². The lowest BCUT2D eigenvalue weighted by Gasteiger charge is -2.30. The minimum Gasteiger partial charge on any atom is -0.305 e. The number of fused-ring (bicyclic) bond motifs is 1. The zero-order chi connectivity index (χ0) is 15.9. The summed E-state index contributed by atoms with van der Waals surface area (Å²) in [6, 6.07) is 6.24. The number of aryl methyl sites for hydroxylation is 2. The summed E-state index contributed by atoms with van der Waals surface area (Å²) in [5.74, 6) is -0.704. The Kier molecular flexibility index (Phi) is 4.06. The van der Waals surface area contributed by atoms with Gasteiger partial charge in [0, 0.05) is 12.1 Å². The highest BCUT2D eigenvalue weighted by Gasteiger charge is 2.27. The quantitative estimate of drug-likeness (QED) is 0.720. The predicted molar refractivity (Wildman–Crippen MR) is 85.4 cm³/mol. The van der Waals surface area contributed by atoms with Gasteiger partial charge >= 0.3 is 0 Å². The van der Waals surface area contributed by atoms with Gasteiger partial charge in [-0.05, 0) is 49.1 Å². The van der Waals surface area contributed by atoms with Gasteiger partial charge in [-0.2, -0.15) is 0 Å². The Morgan fingerprint density at radius 2 is 1.91 bits per heavy atom. The van der Waals surface area contributed by atoms with Gasteiger partial charge in [-0.25, -0.2) is 9.37 Å². The first-order valence-corrected chi connectivity index (χ1v) is 7.65. The highest BCUT2D eigenvalue weighted by Crippen LogP contribution is 2.32. The summed E-state index contributed by atoms with van der Waals surface area (Å²) in [6.07, 6.45) is 1.55. The van der Waals surface area contributed by atoms with Crippen molar-refractivity contribution in [2.75, 3.05) is 11.4 Å². The lowest BCUT2D eigenvalue weighted by Crippen LogP contribution is -2.36. The molecule has 0 atom stereocenters. The molecule has 22 heavy (non-hydrogen) atoms. The topological polar surface area (TPSA) is 33.2 Å². The number of halogens is 3. The Labute approximate surface area is 137 Å². The van der Waals surface area contributed by atoms with Gasteiger partial charge in [-0.1, -0.05) is 29.3 Å². The second kappa shape index (κ2) is 5.86. The first kappa shape index (κ1) is 15.3. The van der Waals surface area contributed by atoms with Gasteiger partial charge in [0.05, 0.1) is 5.69 Å². The van der Waals surface area contributed by atoms with Gasteiger partial charge < -0.3 is 4.90 Å². The van der Waals surface area contributed by atoms with Crippen molar-refractivity contribution in [1.29, 1.82) is 0 Å². The van der Waals surface area contributed by atoms with E-state index in [9.17, 15) is 9.18 Å². The van der Waals surface area contributed by atoms with Crippen LogP contribution >= 0.6 is 23.2 Å².